The summed E-state index contributed by atoms with van der Waals surface area (Å²) in [5.41, 5.74) is 2.14. The Labute approximate surface area is 137 Å². The Morgan fingerprint density at radius 3 is 2.96 bits per heavy atom. The van der Waals surface area contributed by atoms with Crippen molar-refractivity contribution in [2.45, 2.75) is 45.3 Å². The maximum Gasteiger partial charge on any atom is 0.227 e. The normalized spacial score (nSPS) is 17.7. The van der Waals surface area contributed by atoms with Crippen LogP contribution in [0.15, 0.2) is 42.6 Å². The van der Waals surface area contributed by atoms with Crippen LogP contribution in [0.4, 0.5) is 0 Å². The minimum Gasteiger partial charge on any atom is -0.491 e. The number of aromatic amines is 1. The smallest absolute Gasteiger partial charge is 0.227 e. The summed E-state index contributed by atoms with van der Waals surface area (Å²) in [6.45, 7) is 4.84. The first-order chi connectivity index (χ1) is 11.1. The van der Waals surface area contributed by atoms with Crippen molar-refractivity contribution in [2.75, 3.05) is 6.54 Å². The number of benzene rings is 1. The third-order valence-electron chi connectivity index (χ3n) is 4.18. The first-order valence-corrected chi connectivity index (χ1v) is 8.32. The third kappa shape index (κ3) is 3.76. The second-order valence-corrected chi connectivity index (χ2v) is 6.36. The fraction of sp³-hybridized carbons (Fsp3) is 0.421. The lowest BCUT2D eigenvalue weighted by Gasteiger charge is -2.24. The summed E-state index contributed by atoms with van der Waals surface area (Å²) in [5, 5.41) is 0. The Bertz CT molecular complexity index is 649. The molecule has 4 nitrogen and oxygen atoms in total. The van der Waals surface area contributed by atoms with E-state index < -0.39 is 0 Å². The summed E-state index contributed by atoms with van der Waals surface area (Å²) in [5.74, 6) is 1.01. The lowest BCUT2D eigenvalue weighted by Crippen LogP contribution is -2.32. The number of ether oxygens (including phenoxy) is 1. The molecule has 1 aliphatic rings. The third-order valence-corrected chi connectivity index (χ3v) is 4.18. The molecule has 2 aromatic rings. The van der Waals surface area contributed by atoms with E-state index in [0.29, 0.717) is 6.42 Å². The van der Waals surface area contributed by atoms with Crippen molar-refractivity contribution < 1.29 is 9.53 Å². The molecule has 0 aliphatic carbocycles. The summed E-state index contributed by atoms with van der Waals surface area (Å²) in [4.78, 5) is 18.0. The molecule has 2 heterocycles. The van der Waals surface area contributed by atoms with Crippen LogP contribution >= 0.6 is 0 Å². The van der Waals surface area contributed by atoms with E-state index in [-0.39, 0.29) is 18.1 Å². The zero-order valence-corrected chi connectivity index (χ0v) is 13.8. The first kappa shape index (κ1) is 15.7. The van der Waals surface area contributed by atoms with Crippen molar-refractivity contribution in [3.63, 3.8) is 0 Å². The van der Waals surface area contributed by atoms with Gasteiger partial charge in [0.2, 0.25) is 5.91 Å². The fourth-order valence-corrected chi connectivity index (χ4v) is 3.22. The molecule has 4 heteroatoms. The monoisotopic (exact) mass is 312 g/mol. The van der Waals surface area contributed by atoms with Gasteiger partial charge < -0.3 is 14.6 Å². The molecule has 1 aromatic carbocycles. The van der Waals surface area contributed by atoms with Gasteiger partial charge in [-0.3, -0.25) is 4.79 Å². The Hall–Kier alpha value is -2.23. The molecule has 1 atom stereocenters. The standard InChI is InChI=1S/C19H24N2O2/c1-14(2)23-16-7-3-6-15(12-16)13-19(22)21-11-5-9-18(21)17-8-4-10-20-17/h3-4,6-8,10,12,14,18,20H,5,9,11,13H2,1-2H3/t18-/m1/s1. The number of hydrogen-bond donors (Lipinski definition) is 1. The van der Waals surface area contributed by atoms with Gasteiger partial charge in [0.25, 0.3) is 0 Å². The van der Waals surface area contributed by atoms with Crippen LogP contribution in [0.1, 0.15) is 44.0 Å². The van der Waals surface area contributed by atoms with Crippen LogP contribution in [-0.2, 0) is 11.2 Å². The Kier molecular flexibility index (Phi) is 4.70. The van der Waals surface area contributed by atoms with E-state index >= 15 is 0 Å². The predicted octanol–water partition coefficient (Wildman–Crippen LogP) is 3.71. The van der Waals surface area contributed by atoms with E-state index in [1.54, 1.807) is 0 Å². The highest BCUT2D eigenvalue weighted by molar-refractivity contribution is 5.79. The molecule has 0 unspecified atom stereocenters. The van der Waals surface area contributed by atoms with E-state index in [9.17, 15) is 4.79 Å². The van der Waals surface area contributed by atoms with E-state index in [1.165, 1.54) is 0 Å². The zero-order chi connectivity index (χ0) is 16.2. The number of carbonyl (C=O) groups excluding carboxylic acids is 1. The van der Waals surface area contributed by atoms with Crippen molar-refractivity contribution in [1.82, 2.24) is 9.88 Å². The molecule has 23 heavy (non-hydrogen) atoms. The molecule has 1 fully saturated rings. The Morgan fingerprint density at radius 2 is 2.22 bits per heavy atom. The van der Waals surface area contributed by atoms with Crippen LogP contribution in [0.25, 0.3) is 0 Å². The van der Waals surface area contributed by atoms with Crippen molar-refractivity contribution >= 4 is 5.91 Å². The number of likely N-dealkylation sites (tertiary alicyclic amines) is 1. The SMILES string of the molecule is CC(C)Oc1cccc(CC(=O)N2CCC[C@@H]2c2ccc[nH]2)c1. The van der Waals surface area contributed by atoms with Gasteiger partial charge in [-0.05, 0) is 56.5 Å². The van der Waals surface area contributed by atoms with E-state index in [1.807, 2.05) is 55.3 Å². The zero-order valence-electron chi connectivity index (χ0n) is 13.8. The van der Waals surface area contributed by atoms with Crippen LogP contribution in [0.5, 0.6) is 5.75 Å². The van der Waals surface area contributed by atoms with Gasteiger partial charge in [0.15, 0.2) is 0 Å². The lowest BCUT2D eigenvalue weighted by molar-refractivity contribution is -0.131. The second-order valence-electron chi connectivity index (χ2n) is 6.36. The van der Waals surface area contributed by atoms with E-state index in [2.05, 4.69) is 11.1 Å². The number of hydrogen-bond acceptors (Lipinski definition) is 2. The maximum absolute atomic E-state index is 12.7. The van der Waals surface area contributed by atoms with Crippen molar-refractivity contribution in [3.05, 3.63) is 53.9 Å². The van der Waals surface area contributed by atoms with Crippen LogP contribution in [0, 0.1) is 0 Å². The summed E-state index contributed by atoms with van der Waals surface area (Å²) >= 11 is 0. The van der Waals surface area contributed by atoms with Gasteiger partial charge in [0.1, 0.15) is 5.75 Å². The van der Waals surface area contributed by atoms with Gasteiger partial charge in [-0.2, -0.15) is 0 Å². The Balaban J connectivity index is 1.69. The molecule has 1 saturated heterocycles. The Morgan fingerprint density at radius 1 is 1.35 bits per heavy atom. The van der Waals surface area contributed by atoms with Crippen LogP contribution in [0.3, 0.4) is 0 Å². The highest BCUT2D eigenvalue weighted by atomic mass is 16.5. The number of nitrogens with one attached hydrogen (secondary N) is 1. The van der Waals surface area contributed by atoms with Gasteiger partial charge >= 0.3 is 0 Å². The summed E-state index contributed by atoms with van der Waals surface area (Å²) in [7, 11) is 0. The molecule has 0 saturated carbocycles. The van der Waals surface area contributed by atoms with Gasteiger partial charge in [-0.1, -0.05) is 12.1 Å². The number of amides is 1. The molecule has 3 rings (SSSR count). The number of nitrogens with zero attached hydrogens (tertiary/aromatic N) is 1. The fourth-order valence-electron chi connectivity index (χ4n) is 3.22. The van der Waals surface area contributed by atoms with E-state index in [0.717, 1.165) is 36.4 Å². The predicted molar refractivity (Wildman–Crippen MR) is 90.4 cm³/mol. The minimum absolute atomic E-state index is 0.136. The molecule has 0 bridgehead atoms. The average molecular weight is 312 g/mol. The molecule has 1 aliphatic heterocycles. The van der Waals surface area contributed by atoms with Crippen molar-refractivity contribution in [2.24, 2.45) is 0 Å². The molecule has 122 valence electrons. The molecule has 1 aromatic heterocycles. The first-order valence-electron chi connectivity index (χ1n) is 8.32. The molecule has 1 amide bonds. The van der Waals surface area contributed by atoms with Crippen molar-refractivity contribution in [3.8, 4) is 5.75 Å². The summed E-state index contributed by atoms with van der Waals surface area (Å²) < 4.78 is 5.71. The maximum atomic E-state index is 12.7. The summed E-state index contributed by atoms with van der Waals surface area (Å²) in [6.07, 6.45) is 4.57. The van der Waals surface area contributed by atoms with Gasteiger partial charge in [0, 0.05) is 18.4 Å². The van der Waals surface area contributed by atoms with Crippen LogP contribution < -0.4 is 4.74 Å². The number of H-pyrrole nitrogens is 1. The number of aromatic nitrogens is 1. The topological polar surface area (TPSA) is 45.3 Å². The lowest BCUT2D eigenvalue weighted by atomic mass is 10.1. The summed E-state index contributed by atoms with van der Waals surface area (Å²) in [6, 6.07) is 12.1. The van der Waals surface area contributed by atoms with Gasteiger partial charge in [0.05, 0.1) is 18.6 Å². The number of carbonyl (C=O) groups is 1. The van der Waals surface area contributed by atoms with Gasteiger partial charge in [-0.25, -0.2) is 0 Å². The minimum atomic E-state index is 0.136. The van der Waals surface area contributed by atoms with Crippen molar-refractivity contribution in [1.29, 1.82) is 0 Å². The highest BCUT2D eigenvalue weighted by Gasteiger charge is 2.30. The van der Waals surface area contributed by atoms with E-state index in [4.69, 9.17) is 4.74 Å². The average Bonchev–Trinajstić information content (AvgIpc) is 3.18. The largest absolute Gasteiger partial charge is 0.491 e. The van der Waals surface area contributed by atoms with Crippen LogP contribution in [-0.4, -0.2) is 28.4 Å². The van der Waals surface area contributed by atoms with Gasteiger partial charge in [-0.15, -0.1) is 0 Å². The number of rotatable bonds is 5. The molecule has 0 spiro atoms. The highest BCUT2D eigenvalue weighted by Crippen LogP contribution is 2.31. The van der Waals surface area contributed by atoms with Crippen LogP contribution in [0.2, 0.25) is 0 Å². The quantitative estimate of drug-likeness (QED) is 0.915. The molecular weight excluding hydrogens is 288 g/mol. The molecule has 1 N–H and O–H groups in total. The second kappa shape index (κ2) is 6.90. The molecule has 0 radical (unpaired) electrons. The molecular formula is C19H24N2O2.